The van der Waals surface area contributed by atoms with Gasteiger partial charge in [0.2, 0.25) is 0 Å². The molecule has 0 N–H and O–H groups in total. The van der Waals surface area contributed by atoms with E-state index in [2.05, 4.69) is 29.8 Å². The van der Waals surface area contributed by atoms with Gasteiger partial charge in [0.15, 0.2) is 0 Å². The van der Waals surface area contributed by atoms with Gasteiger partial charge >= 0.3 is 0 Å². The van der Waals surface area contributed by atoms with E-state index in [-0.39, 0.29) is 5.41 Å². The van der Waals surface area contributed by atoms with Gasteiger partial charge in [-0.3, -0.25) is 0 Å². The molecular weight excluding hydrogens is 342 g/mol. The van der Waals surface area contributed by atoms with Gasteiger partial charge in [-0.05, 0) is 30.0 Å². The maximum atomic E-state index is 6.24. The smallest absolute Gasteiger partial charge is 0.0449 e. The zero-order chi connectivity index (χ0) is 13.1. The van der Waals surface area contributed by atoms with E-state index in [9.17, 15) is 0 Å². The Hall–Kier alpha value is 0.570. The number of benzene rings is 1. The van der Waals surface area contributed by atoms with Gasteiger partial charge in [0.25, 0.3) is 0 Å². The molecule has 0 saturated carbocycles. The van der Waals surface area contributed by atoms with Gasteiger partial charge < -0.3 is 0 Å². The predicted molar refractivity (Wildman–Crippen MR) is 81.6 cm³/mol. The molecule has 0 bridgehead atoms. The van der Waals surface area contributed by atoms with E-state index in [0.29, 0.717) is 17.7 Å². The highest BCUT2D eigenvalue weighted by Crippen LogP contribution is 2.37. The van der Waals surface area contributed by atoms with Gasteiger partial charge in [0.1, 0.15) is 0 Å². The Morgan fingerprint density at radius 3 is 2.24 bits per heavy atom. The molecule has 0 unspecified atom stereocenters. The van der Waals surface area contributed by atoms with Crippen molar-refractivity contribution in [2.24, 2.45) is 11.3 Å². The second-order valence-electron chi connectivity index (χ2n) is 4.70. The molecule has 1 rings (SSSR count). The minimum absolute atomic E-state index is 0.0966. The molecule has 0 saturated heterocycles. The van der Waals surface area contributed by atoms with Crippen molar-refractivity contribution in [2.75, 3.05) is 11.8 Å². The molecule has 0 aliphatic heterocycles. The van der Waals surface area contributed by atoms with Crippen LogP contribution in [0.3, 0.4) is 0 Å². The highest BCUT2D eigenvalue weighted by molar-refractivity contribution is 9.10. The van der Waals surface area contributed by atoms with Crippen LogP contribution in [0.2, 0.25) is 5.02 Å². The third-order valence-corrected chi connectivity index (χ3v) is 5.22. The highest BCUT2D eigenvalue weighted by atomic mass is 79.9. The SMILES string of the molecule is CC(C)C(CCl)(CCl)Cc1ccc(Br)cc1Cl. The molecule has 0 radical (unpaired) electrons. The number of halogens is 4. The summed E-state index contributed by atoms with van der Waals surface area (Å²) in [5.74, 6) is 1.50. The highest BCUT2D eigenvalue weighted by Gasteiger charge is 2.33. The third-order valence-electron chi connectivity index (χ3n) is 3.31. The summed E-state index contributed by atoms with van der Waals surface area (Å²) in [5, 5.41) is 0.764. The first-order valence-electron chi connectivity index (χ1n) is 5.51. The maximum absolute atomic E-state index is 6.24. The summed E-state index contributed by atoms with van der Waals surface area (Å²) < 4.78 is 0.984. The van der Waals surface area contributed by atoms with Crippen molar-refractivity contribution >= 4 is 50.7 Å². The van der Waals surface area contributed by atoms with Gasteiger partial charge in [-0.1, -0.05) is 47.4 Å². The first kappa shape index (κ1) is 15.6. The van der Waals surface area contributed by atoms with E-state index >= 15 is 0 Å². The zero-order valence-electron chi connectivity index (χ0n) is 9.94. The summed E-state index contributed by atoms with van der Waals surface area (Å²) in [7, 11) is 0. The normalized spacial score (nSPS) is 12.2. The van der Waals surface area contributed by atoms with Gasteiger partial charge in [0, 0.05) is 26.7 Å². The molecule has 17 heavy (non-hydrogen) atoms. The van der Waals surface area contributed by atoms with E-state index < -0.39 is 0 Å². The van der Waals surface area contributed by atoms with Crippen LogP contribution in [0.4, 0.5) is 0 Å². The van der Waals surface area contributed by atoms with Gasteiger partial charge in [-0.25, -0.2) is 0 Å². The lowest BCUT2D eigenvalue weighted by Crippen LogP contribution is -2.34. The largest absolute Gasteiger partial charge is 0.126 e. The molecule has 96 valence electrons. The molecular formula is C13H16BrCl3. The number of hydrogen-bond acceptors (Lipinski definition) is 0. The Bertz CT molecular complexity index is 373. The van der Waals surface area contributed by atoms with E-state index in [1.807, 2.05) is 18.2 Å². The fourth-order valence-corrected chi connectivity index (χ4v) is 3.52. The van der Waals surface area contributed by atoms with Gasteiger partial charge in [-0.15, -0.1) is 23.2 Å². The van der Waals surface area contributed by atoms with Crippen molar-refractivity contribution in [3.63, 3.8) is 0 Å². The van der Waals surface area contributed by atoms with Crippen molar-refractivity contribution in [1.29, 1.82) is 0 Å². The maximum Gasteiger partial charge on any atom is 0.0449 e. The third kappa shape index (κ3) is 3.76. The lowest BCUT2D eigenvalue weighted by molar-refractivity contribution is 0.259. The van der Waals surface area contributed by atoms with Crippen LogP contribution in [0.5, 0.6) is 0 Å². The lowest BCUT2D eigenvalue weighted by atomic mass is 9.76. The predicted octanol–water partition coefficient (Wildman–Crippen LogP) is 5.77. The molecule has 0 amide bonds. The van der Waals surface area contributed by atoms with E-state index in [1.54, 1.807) is 0 Å². The Kier molecular flexibility index (Phi) is 6.12. The summed E-state index contributed by atoms with van der Waals surface area (Å²) in [6.45, 7) is 4.30. The summed E-state index contributed by atoms with van der Waals surface area (Å²) in [4.78, 5) is 0. The Balaban J connectivity index is 3.01. The Labute approximate surface area is 127 Å². The summed E-state index contributed by atoms with van der Waals surface area (Å²) in [5.41, 5.74) is 1.01. The van der Waals surface area contributed by atoms with Crippen molar-refractivity contribution in [1.82, 2.24) is 0 Å². The van der Waals surface area contributed by atoms with Gasteiger partial charge in [0.05, 0.1) is 0 Å². The van der Waals surface area contributed by atoms with Crippen molar-refractivity contribution in [3.05, 3.63) is 33.3 Å². The van der Waals surface area contributed by atoms with Crippen LogP contribution in [0, 0.1) is 11.3 Å². The molecule has 0 aliphatic rings. The number of rotatable bonds is 5. The fourth-order valence-electron chi connectivity index (χ4n) is 1.69. The molecule has 0 spiro atoms. The van der Waals surface area contributed by atoms with E-state index in [4.69, 9.17) is 34.8 Å². The van der Waals surface area contributed by atoms with Crippen LogP contribution < -0.4 is 0 Å². The van der Waals surface area contributed by atoms with Crippen molar-refractivity contribution in [3.8, 4) is 0 Å². The summed E-state index contributed by atoms with van der Waals surface area (Å²) in [6, 6.07) is 5.93. The van der Waals surface area contributed by atoms with Crippen LogP contribution in [-0.2, 0) is 6.42 Å². The first-order chi connectivity index (χ1) is 7.95. The fraction of sp³-hybridized carbons (Fsp3) is 0.538. The van der Waals surface area contributed by atoms with Crippen LogP contribution in [0.25, 0.3) is 0 Å². The molecule has 0 aromatic heterocycles. The lowest BCUT2D eigenvalue weighted by Gasteiger charge is -2.34. The second-order valence-corrected chi connectivity index (χ2v) is 6.55. The topological polar surface area (TPSA) is 0 Å². The quantitative estimate of drug-likeness (QED) is 0.587. The monoisotopic (exact) mass is 356 g/mol. The average Bonchev–Trinajstić information content (AvgIpc) is 2.28. The minimum atomic E-state index is -0.0966. The van der Waals surface area contributed by atoms with Crippen LogP contribution in [0.15, 0.2) is 22.7 Å². The molecule has 0 aliphatic carbocycles. The standard InChI is InChI=1S/C13H16BrCl3/c1-9(2)13(7-15,8-16)6-10-3-4-11(14)5-12(10)17/h3-5,9H,6-8H2,1-2H3. The molecule has 0 atom stereocenters. The van der Waals surface area contributed by atoms with Crippen molar-refractivity contribution in [2.45, 2.75) is 20.3 Å². The van der Waals surface area contributed by atoms with E-state index in [1.165, 1.54) is 0 Å². The molecule has 0 heterocycles. The van der Waals surface area contributed by atoms with Crippen LogP contribution in [0.1, 0.15) is 19.4 Å². The van der Waals surface area contributed by atoms with E-state index in [0.717, 1.165) is 21.5 Å². The van der Waals surface area contributed by atoms with Crippen LogP contribution in [-0.4, -0.2) is 11.8 Å². The number of alkyl halides is 2. The molecule has 4 heteroatoms. The molecule has 1 aromatic rings. The zero-order valence-corrected chi connectivity index (χ0v) is 13.8. The number of hydrogen-bond donors (Lipinski definition) is 0. The van der Waals surface area contributed by atoms with Crippen molar-refractivity contribution < 1.29 is 0 Å². The molecule has 0 nitrogen and oxygen atoms in total. The average molecular weight is 359 g/mol. The molecule has 1 aromatic carbocycles. The molecule has 0 fully saturated rings. The summed E-state index contributed by atoms with van der Waals surface area (Å²) in [6.07, 6.45) is 0.809. The first-order valence-corrected chi connectivity index (χ1v) is 7.75. The Morgan fingerprint density at radius 2 is 1.82 bits per heavy atom. The van der Waals surface area contributed by atoms with Crippen LogP contribution >= 0.6 is 50.7 Å². The second kappa shape index (κ2) is 6.65. The van der Waals surface area contributed by atoms with Gasteiger partial charge in [-0.2, -0.15) is 0 Å². The summed E-state index contributed by atoms with van der Waals surface area (Å²) >= 11 is 21.9. The minimum Gasteiger partial charge on any atom is -0.126 e. The Morgan fingerprint density at radius 1 is 1.24 bits per heavy atom.